The molecule has 0 aliphatic heterocycles. The summed E-state index contributed by atoms with van der Waals surface area (Å²) in [6.45, 7) is 2.18. The lowest BCUT2D eigenvalue weighted by Gasteiger charge is -2.16. The van der Waals surface area contributed by atoms with Gasteiger partial charge in [-0.15, -0.1) is 10.2 Å². The van der Waals surface area contributed by atoms with E-state index in [-0.39, 0.29) is 19.0 Å². The Labute approximate surface area is 111 Å². The van der Waals surface area contributed by atoms with Crippen molar-refractivity contribution in [2.45, 2.75) is 38.8 Å². The lowest BCUT2D eigenvalue weighted by Crippen LogP contribution is -2.43. The molecule has 0 bridgehead atoms. The van der Waals surface area contributed by atoms with E-state index >= 15 is 0 Å². The van der Waals surface area contributed by atoms with Crippen LogP contribution in [0.1, 0.15) is 32.0 Å². The molecule has 1 unspecified atom stereocenters. The number of carboxylic acids is 1. The number of carboxylic acid groups (broad SMARTS) is 1. The van der Waals surface area contributed by atoms with E-state index in [0.29, 0.717) is 12.2 Å². The number of carbonyl (C=O) groups excluding carboxylic acids is 1. The molecule has 0 saturated heterocycles. The molecule has 1 aromatic rings. The summed E-state index contributed by atoms with van der Waals surface area (Å²) in [5, 5.41) is 21.5. The van der Waals surface area contributed by atoms with Crippen LogP contribution in [0.4, 0.5) is 4.79 Å². The number of aromatic nitrogens is 3. The molecule has 0 fully saturated rings. The van der Waals surface area contributed by atoms with Gasteiger partial charge in [0.2, 0.25) is 0 Å². The number of amides is 2. The van der Waals surface area contributed by atoms with Gasteiger partial charge in [-0.3, -0.25) is 4.79 Å². The summed E-state index contributed by atoms with van der Waals surface area (Å²) in [4.78, 5) is 22.3. The molecule has 0 aromatic carbocycles. The van der Waals surface area contributed by atoms with E-state index in [4.69, 9.17) is 5.11 Å². The average molecular weight is 269 g/mol. The SMILES string of the molecule is CCCC(CC(=O)O)NC(=O)NCc1nncn1C. The fourth-order valence-electron chi connectivity index (χ4n) is 1.65. The third-order valence-corrected chi connectivity index (χ3v) is 2.61. The van der Waals surface area contributed by atoms with Crippen molar-refractivity contribution in [3.05, 3.63) is 12.2 Å². The molecule has 2 amide bonds. The Balaban J connectivity index is 2.39. The summed E-state index contributed by atoms with van der Waals surface area (Å²) in [7, 11) is 1.78. The summed E-state index contributed by atoms with van der Waals surface area (Å²) in [6, 6.07) is -0.760. The van der Waals surface area contributed by atoms with Crippen molar-refractivity contribution in [1.29, 1.82) is 0 Å². The number of rotatable bonds is 7. The van der Waals surface area contributed by atoms with Gasteiger partial charge in [0.15, 0.2) is 5.82 Å². The summed E-state index contributed by atoms with van der Waals surface area (Å²) in [6.07, 6.45) is 2.90. The van der Waals surface area contributed by atoms with Gasteiger partial charge in [-0.25, -0.2) is 4.79 Å². The Bertz CT molecular complexity index is 432. The van der Waals surface area contributed by atoms with E-state index in [2.05, 4.69) is 20.8 Å². The molecule has 3 N–H and O–H groups in total. The number of hydrogen-bond donors (Lipinski definition) is 3. The minimum atomic E-state index is -0.924. The number of urea groups is 1. The minimum absolute atomic E-state index is 0.0782. The summed E-state index contributed by atoms with van der Waals surface area (Å²) < 4.78 is 1.70. The molecular weight excluding hydrogens is 250 g/mol. The van der Waals surface area contributed by atoms with Gasteiger partial charge in [0, 0.05) is 13.1 Å². The maximum absolute atomic E-state index is 11.6. The quantitative estimate of drug-likeness (QED) is 0.657. The molecule has 8 nitrogen and oxygen atoms in total. The number of aliphatic carboxylic acids is 1. The molecule has 0 aliphatic rings. The lowest BCUT2D eigenvalue weighted by atomic mass is 10.1. The highest BCUT2D eigenvalue weighted by atomic mass is 16.4. The zero-order valence-corrected chi connectivity index (χ0v) is 11.1. The first kappa shape index (κ1) is 14.9. The second-order valence-electron chi connectivity index (χ2n) is 4.27. The number of hydrogen-bond acceptors (Lipinski definition) is 4. The summed E-state index contributed by atoms with van der Waals surface area (Å²) in [5.74, 6) is -0.299. The standard InChI is InChI=1S/C11H19N5O3/c1-3-4-8(5-10(17)18)14-11(19)12-6-9-15-13-7-16(9)2/h7-8H,3-6H2,1-2H3,(H,17,18)(H2,12,14,19). The third kappa shape index (κ3) is 5.36. The van der Waals surface area contributed by atoms with E-state index < -0.39 is 12.0 Å². The Morgan fingerprint density at radius 1 is 1.53 bits per heavy atom. The predicted octanol–water partition coefficient (Wildman–Crippen LogP) is 0.258. The average Bonchev–Trinajstić information content (AvgIpc) is 2.71. The second kappa shape index (κ2) is 7.34. The van der Waals surface area contributed by atoms with Crippen LogP contribution in [-0.4, -0.2) is 37.9 Å². The van der Waals surface area contributed by atoms with Crippen molar-refractivity contribution in [1.82, 2.24) is 25.4 Å². The van der Waals surface area contributed by atoms with Gasteiger partial charge in [0.1, 0.15) is 6.33 Å². The molecule has 0 radical (unpaired) electrons. The van der Waals surface area contributed by atoms with Crippen LogP contribution in [0.3, 0.4) is 0 Å². The highest BCUT2D eigenvalue weighted by molar-refractivity contribution is 5.75. The summed E-state index contributed by atoms with van der Waals surface area (Å²) in [5.41, 5.74) is 0. The first-order valence-electron chi connectivity index (χ1n) is 6.12. The first-order valence-corrected chi connectivity index (χ1v) is 6.12. The molecule has 0 spiro atoms. The molecule has 1 atom stereocenters. The van der Waals surface area contributed by atoms with Crippen LogP contribution in [0.2, 0.25) is 0 Å². The van der Waals surface area contributed by atoms with Gasteiger partial charge < -0.3 is 20.3 Å². The molecule has 19 heavy (non-hydrogen) atoms. The maximum atomic E-state index is 11.6. The van der Waals surface area contributed by atoms with Crippen molar-refractivity contribution in [2.75, 3.05) is 0 Å². The largest absolute Gasteiger partial charge is 0.481 e. The molecule has 0 aliphatic carbocycles. The molecule has 1 rings (SSSR count). The van der Waals surface area contributed by atoms with Crippen molar-refractivity contribution in [3.63, 3.8) is 0 Å². The highest BCUT2D eigenvalue weighted by Crippen LogP contribution is 2.01. The molecule has 1 aromatic heterocycles. The maximum Gasteiger partial charge on any atom is 0.315 e. The normalized spacial score (nSPS) is 11.9. The zero-order chi connectivity index (χ0) is 14.3. The van der Waals surface area contributed by atoms with Crippen molar-refractivity contribution >= 4 is 12.0 Å². The van der Waals surface area contributed by atoms with Crippen molar-refractivity contribution in [2.24, 2.45) is 7.05 Å². The van der Waals surface area contributed by atoms with Crippen LogP contribution in [-0.2, 0) is 18.4 Å². The van der Waals surface area contributed by atoms with Crippen LogP contribution in [0, 0.1) is 0 Å². The van der Waals surface area contributed by atoms with Crippen LogP contribution >= 0.6 is 0 Å². The van der Waals surface area contributed by atoms with Gasteiger partial charge in [-0.1, -0.05) is 13.3 Å². The zero-order valence-electron chi connectivity index (χ0n) is 11.1. The van der Waals surface area contributed by atoms with E-state index in [1.165, 1.54) is 0 Å². The van der Waals surface area contributed by atoms with E-state index in [1.54, 1.807) is 17.9 Å². The molecule has 1 heterocycles. The Morgan fingerprint density at radius 2 is 2.26 bits per heavy atom. The highest BCUT2D eigenvalue weighted by Gasteiger charge is 2.15. The minimum Gasteiger partial charge on any atom is -0.481 e. The monoisotopic (exact) mass is 269 g/mol. The lowest BCUT2D eigenvalue weighted by molar-refractivity contribution is -0.137. The van der Waals surface area contributed by atoms with Crippen LogP contribution in [0.25, 0.3) is 0 Å². The van der Waals surface area contributed by atoms with Gasteiger partial charge in [0.25, 0.3) is 0 Å². The van der Waals surface area contributed by atoms with E-state index in [9.17, 15) is 9.59 Å². The molecular formula is C11H19N5O3. The van der Waals surface area contributed by atoms with E-state index in [0.717, 1.165) is 6.42 Å². The molecule has 8 heteroatoms. The van der Waals surface area contributed by atoms with Gasteiger partial charge in [-0.05, 0) is 6.42 Å². The topological polar surface area (TPSA) is 109 Å². The Kier molecular flexibility index (Phi) is 5.77. The number of nitrogens with zero attached hydrogens (tertiary/aromatic N) is 3. The van der Waals surface area contributed by atoms with E-state index in [1.807, 2.05) is 6.92 Å². The van der Waals surface area contributed by atoms with Crippen molar-refractivity contribution in [3.8, 4) is 0 Å². The molecule has 0 saturated carbocycles. The predicted molar refractivity (Wildman–Crippen MR) is 67.3 cm³/mol. The van der Waals surface area contributed by atoms with Crippen LogP contribution < -0.4 is 10.6 Å². The third-order valence-electron chi connectivity index (χ3n) is 2.61. The summed E-state index contributed by atoms with van der Waals surface area (Å²) >= 11 is 0. The van der Waals surface area contributed by atoms with Crippen LogP contribution in [0.5, 0.6) is 0 Å². The number of nitrogens with one attached hydrogen (secondary N) is 2. The Hall–Kier alpha value is -2.12. The van der Waals surface area contributed by atoms with Gasteiger partial charge in [0.05, 0.1) is 13.0 Å². The first-order chi connectivity index (χ1) is 9.02. The van der Waals surface area contributed by atoms with Crippen molar-refractivity contribution < 1.29 is 14.7 Å². The number of aryl methyl sites for hydroxylation is 1. The fourth-order valence-corrected chi connectivity index (χ4v) is 1.65. The van der Waals surface area contributed by atoms with Crippen LogP contribution in [0.15, 0.2) is 6.33 Å². The smallest absolute Gasteiger partial charge is 0.315 e. The van der Waals surface area contributed by atoms with Gasteiger partial charge in [-0.2, -0.15) is 0 Å². The Morgan fingerprint density at radius 3 is 2.79 bits per heavy atom. The second-order valence-corrected chi connectivity index (χ2v) is 4.27. The van der Waals surface area contributed by atoms with Gasteiger partial charge >= 0.3 is 12.0 Å². The number of carbonyl (C=O) groups is 2. The fraction of sp³-hybridized carbons (Fsp3) is 0.636. The molecule has 106 valence electrons.